The van der Waals surface area contributed by atoms with Crippen molar-refractivity contribution in [1.82, 2.24) is 4.90 Å². The summed E-state index contributed by atoms with van der Waals surface area (Å²) in [6, 6.07) is 0.265. The van der Waals surface area contributed by atoms with E-state index in [1.807, 2.05) is 18.7 Å². The summed E-state index contributed by atoms with van der Waals surface area (Å²) in [5, 5.41) is 9.29. The molecule has 2 atom stereocenters. The van der Waals surface area contributed by atoms with E-state index in [0.29, 0.717) is 13.0 Å². The molecule has 1 rings (SSSR count). The Bertz CT molecular complexity index is 177. The maximum atomic E-state index is 11.3. The molecule has 0 spiro atoms. The van der Waals surface area contributed by atoms with Crippen molar-refractivity contribution in [2.24, 2.45) is 5.92 Å². The van der Waals surface area contributed by atoms with Crippen LogP contribution in [0.1, 0.15) is 27.2 Å². The molecule has 1 fully saturated rings. The smallest absolute Gasteiger partial charge is 0.223 e. The number of aliphatic hydroxyl groups is 1. The molecule has 0 bridgehead atoms. The molecular formula is C9H17NO2. The van der Waals surface area contributed by atoms with Crippen LogP contribution in [0.15, 0.2) is 0 Å². The van der Waals surface area contributed by atoms with Crippen LogP contribution in [0.2, 0.25) is 0 Å². The van der Waals surface area contributed by atoms with Gasteiger partial charge in [-0.05, 0) is 20.8 Å². The number of aliphatic hydroxyl groups excluding tert-OH is 1. The van der Waals surface area contributed by atoms with Crippen molar-refractivity contribution < 1.29 is 9.90 Å². The summed E-state index contributed by atoms with van der Waals surface area (Å²) in [4.78, 5) is 13.2. The van der Waals surface area contributed by atoms with Gasteiger partial charge in [-0.15, -0.1) is 0 Å². The number of amides is 1. The third-order valence-electron chi connectivity index (χ3n) is 2.49. The normalized spacial score (nSPS) is 26.9. The molecule has 1 aliphatic rings. The maximum absolute atomic E-state index is 11.3. The fourth-order valence-corrected chi connectivity index (χ4v) is 1.58. The number of rotatable bonds is 2. The number of carbonyl (C=O) groups excluding carboxylic acids is 1. The van der Waals surface area contributed by atoms with Gasteiger partial charge in [0.25, 0.3) is 0 Å². The Kier molecular flexibility index (Phi) is 2.73. The largest absolute Gasteiger partial charge is 0.393 e. The molecule has 2 unspecified atom stereocenters. The fraction of sp³-hybridized carbons (Fsp3) is 0.889. The second-order valence-electron chi connectivity index (χ2n) is 3.84. The van der Waals surface area contributed by atoms with E-state index < -0.39 is 0 Å². The van der Waals surface area contributed by atoms with Crippen LogP contribution in [0.25, 0.3) is 0 Å². The van der Waals surface area contributed by atoms with E-state index in [0.717, 1.165) is 0 Å². The molecule has 0 saturated carbocycles. The van der Waals surface area contributed by atoms with E-state index in [4.69, 9.17) is 0 Å². The highest BCUT2D eigenvalue weighted by Crippen LogP contribution is 2.22. The van der Waals surface area contributed by atoms with Gasteiger partial charge < -0.3 is 10.0 Å². The number of hydrogen-bond donors (Lipinski definition) is 1. The van der Waals surface area contributed by atoms with E-state index in [1.54, 1.807) is 6.92 Å². The zero-order valence-electron chi connectivity index (χ0n) is 7.95. The molecule has 0 aromatic carbocycles. The maximum Gasteiger partial charge on any atom is 0.223 e. The third kappa shape index (κ3) is 1.78. The van der Waals surface area contributed by atoms with E-state index in [9.17, 15) is 9.90 Å². The van der Waals surface area contributed by atoms with Crippen LogP contribution in [-0.4, -0.2) is 34.6 Å². The molecular weight excluding hydrogens is 154 g/mol. The fourth-order valence-electron chi connectivity index (χ4n) is 1.58. The summed E-state index contributed by atoms with van der Waals surface area (Å²) in [5.41, 5.74) is 0. The van der Waals surface area contributed by atoms with Gasteiger partial charge in [0.15, 0.2) is 0 Å². The molecule has 3 heteroatoms. The van der Waals surface area contributed by atoms with Crippen LogP contribution >= 0.6 is 0 Å². The van der Waals surface area contributed by atoms with Gasteiger partial charge in [-0.1, -0.05) is 0 Å². The molecule has 3 nitrogen and oxygen atoms in total. The van der Waals surface area contributed by atoms with Crippen LogP contribution < -0.4 is 0 Å². The molecule has 70 valence electrons. The highest BCUT2D eigenvalue weighted by Gasteiger charge is 2.33. The summed E-state index contributed by atoms with van der Waals surface area (Å²) in [6.45, 7) is 6.47. The predicted octanol–water partition coefficient (Wildman–Crippen LogP) is 0.624. The first-order chi connectivity index (χ1) is 5.52. The number of likely N-dealkylation sites (tertiary alicyclic amines) is 1. The molecule has 1 amide bonds. The van der Waals surface area contributed by atoms with Crippen molar-refractivity contribution >= 4 is 5.91 Å². The summed E-state index contributed by atoms with van der Waals surface area (Å²) >= 11 is 0. The first kappa shape index (κ1) is 9.52. The van der Waals surface area contributed by atoms with E-state index >= 15 is 0 Å². The standard InChI is InChI=1S/C9H17NO2/c1-6(2)10-5-8(7(3)11)4-9(10)12/h6-8,11H,4-5H2,1-3H3. The zero-order chi connectivity index (χ0) is 9.30. The molecule has 1 heterocycles. The quantitative estimate of drug-likeness (QED) is 0.661. The lowest BCUT2D eigenvalue weighted by Gasteiger charge is -2.21. The van der Waals surface area contributed by atoms with Gasteiger partial charge in [-0.25, -0.2) is 0 Å². The number of carbonyl (C=O) groups is 1. The van der Waals surface area contributed by atoms with Crippen LogP contribution in [0.5, 0.6) is 0 Å². The average Bonchev–Trinajstić information content (AvgIpc) is 2.30. The zero-order valence-corrected chi connectivity index (χ0v) is 7.95. The number of hydrogen-bond acceptors (Lipinski definition) is 2. The highest BCUT2D eigenvalue weighted by atomic mass is 16.3. The van der Waals surface area contributed by atoms with E-state index in [-0.39, 0.29) is 24.0 Å². The van der Waals surface area contributed by atoms with Crippen molar-refractivity contribution in [3.8, 4) is 0 Å². The lowest BCUT2D eigenvalue weighted by Crippen LogP contribution is -2.32. The summed E-state index contributed by atoms with van der Waals surface area (Å²) in [7, 11) is 0. The summed E-state index contributed by atoms with van der Waals surface area (Å²) in [6.07, 6.45) is 0.147. The lowest BCUT2D eigenvalue weighted by molar-refractivity contribution is -0.129. The molecule has 0 radical (unpaired) electrons. The minimum atomic E-state index is -0.363. The average molecular weight is 171 g/mol. The Hall–Kier alpha value is -0.570. The van der Waals surface area contributed by atoms with E-state index in [2.05, 4.69) is 0 Å². The Balaban J connectivity index is 2.56. The molecule has 0 aromatic rings. The molecule has 1 saturated heterocycles. The van der Waals surface area contributed by atoms with Gasteiger partial charge in [-0.3, -0.25) is 4.79 Å². The first-order valence-electron chi connectivity index (χ1n) is 4.50. The van der Waals surface area contributed by atoms with E-state index in [1.165, 1.54) is 0 Å². The Morgan fingerprint density at radius 2 is 2.08 bits per heavy atom. The SMILES string of the molecule is CC(O)C1CC(=O)N(C(C)C)C1. The minimum absolute atomic E-state index is 0.139. The van der Waals surface area contributed by atoms with Gasteiger partial charge in [0.2, 0.25) is 5.91 Å². The van der Waals surface area contributed by atoms with Crippen molar-refractivity contribution in [3.63, 3.8) is 0 Å². The Labute approximate surface area is 73.4 Å². The minimum Gasteiger partial charge on any atom is -0.393 e. The van der Waals surface area contributed by atoms with Crippen molar-refractivity contribution in [3.05, 3.63) is 0 Å². The third-order valence-corrected chi connectivity index (χ3v) is 2.49. The molecule has 1 N–H and O–H groups in total. The molecule has 12 heavy (non-hydrogen) atoms. The topological polar surface area (TPSA) is 40.5 Å². The van der Waals surface area contributed by atoms with Crippen LogP contribution in [-0.2, 0) is 4.79 Å². The molecule has 1 aliphatic heterocycles. The first-order valence-corrected chi connectivity index (χ1v) is 4.50. The molecule has 0 aromatic heterocycles. The van der Waals surface area contributed by atoms with Gasteiger partial charge in [0.1, 0.15) is 0 Å². The molecule has 0 aliphatic carbocycles. The van der Waals surface area contributed by atoms with Crippen molar-refractivity contribution in [1.29, 1.82) is 0 Å². The van der Waals surface area contributed by atoms with Gasteiger partial charge >= 0.3 is 0 Å². The van der Waals surface area contributed by atoms with Crippen LogP contribution in [0.4, 0.5) is 0 Å². The monoisotopic (exact) mass is 171 g/mol. The van der Waals surface area contributed by atoms with Crippen molar-refractivity contribution in [2.75, 3.05) is 6.54 Å². The Morgan fingerprint density at radius 3 is 2.33 bits per heavy atom. The van der Waals surface area contributed by atoms with Crippen molar-refractivity contribution in [2.45, 2.75) is 39.3 Å². The number of nitrogens with zero attached hydrogens (tertiary/aromatic N) is 1. The van der Waals surface area contributed by atoms with Gasteiger partial charge in [0.05, 0.1) is 6.10 Å². The summed E-state index contributed by atoms with van der Waals surface area (Å²) in [5.74, 6) is 0.316. The van der Waals surface area contributed by atoms with Crippen LogP contribution in [0.3, 0.4) is 0 Å². The highest BCUT2D eigenvalue weighted by molar-refractivity contribution is 5.79. The second-order valence-corrected chi connectivity index (χ2v) is 3.84. The van der Waals surface area contributed by atoms with Crippen LogP contribution in [0, 0.1) is 5.92 Å². The van der Waals surface area contributed by atoms with Gasteiger partial charge in [0, 0.05) is 24.9 Å². The second kappa shape index (κ2) is 3.44. The lowest BCUT2D eigenvalue weighted by atomic mass is 10.0. The Morgan fingerprint density at radius 1 is 1.50 bits per heavy atom. The summed E-state index contributed by atoms with van der Waals surface area (Å²) < 4.78 is 0. The predicted molar refractivity (Wildman–Crippen MR) is 46.6 cm³/mol. The van der Waals surface area contributed by atoms with Gasteiger partial charge in [-0.2, -0.15) is 0 Å².